The summed E-state index contributed by atoms with van der Waals surface area (Å²) in [5.74, 6) is 1.99. The minimum atomic E-state index is 0.329. The van der Waals surface area contributed by atoms with Gasteiger partial charge in [0.05, 0.1) is 20.5 Å². The van der Waals surface area contributed by atoms with E-state index in [1.807, 2.05) is 0 Å². The zero-order valence-corrected chi connectivity index (χ0v) is 11.5. The van der Waals surface area contributed by atoms with Crippen molar-refractivity contribution >= 4 is 28.6 Å². The number of imidazole rings is 1. The number of rotatable bonds is 4. The maximum Gasteiger partial charge on any atom is 0.231 e. The van der Waals surface area contributed by atoms with Gasteiger partial charge in [-0.25, -0.2) is 4.98 Å². The first-order valence-electron chi connectivity index (χ1n) is 6.16. The van der Waals surface area contributed by atoms with Gasteiger partial charge in [-0.2, -0.15) is 9.97 Å². The molecular weight excluding hydrogens is 272 g/mol. The van der Waals surface area contributed by atoms with Crippen molar-refractivity contribution in [3.8, 4) is 11.5 Å². The largest absolute Gasteiger partial charge is 0.497 e. The van der Waals surface area contributed by atoms with E-state index in [-0.39, 0.29) is 0 Å². The van der Waals surface area contributed by atoms with Crippen molar-refractivity contribution in [2.75, 3.05) is 25.3 Å². The van der Waals surface area contributed by atoms with Crippen molar-refractivity contribution in [2.24, 2.45) is 0 Å². The summed E-state index contributed by atoms with van der Waals surface area (Å²) >= 11 is 0. The minimum absolute atomic E-state index is 0.329. The summed E-state index contributed by atoms with van der Waals surface area (Å²) in [4.78, 5) is 15.4. The summed E-state index contributed by atoms with van der Waals surface area (Å²) in [6.45, 7) is 0. The summed E-state index contributed by atoms with van der Waals surface area (Å²) < 4.78 is 10.4. The lowest BCUT2D eigenvalue weighted by molar-refractivity contribution is 0.395. The summed E-state index contributed by atoms with van der Waals surface area (Å²) in [5.41, 5.74) is 7.69. The second-order valence-electron chi connectivity index (χ2n) is 4.26. The van der Waals surface area contributed by atoms with E-state index in [0.29, 0.717) is 34.4 Å². The van der Waals surface area contributed by atoms with Crippen molar-refractivity contribution in [1.82, 2.24) is 19.9 Å². The third-order valence-corrected chi connectivity index (χ3v) is 2.92. The van der Waals surface area contributed by atoms with Gasteiger partial charge in [-0.05, 0) is 0 Å². The van der Waals surface area contributed by atoms with E-state index in [1.165, 1.54) is 6.33 Å². The maximum atomic E-state index is 5.86. The molecule has 108 valence electrons. The van der Waals surface area contributed by atoms with Crippen molar-refractivity contribution < 1.29 is 9.47 Å². The van der Waals surface area contributed by atoms with Crippen LogP contribution in [0, 0.1) is 0 Å². The molecule has 0 radical (unpaired) electrons. The van der Waals surface area contributed by atoms with Crippen molar-refractivity contribution in [3.05, 3.63) is 24.5 Å². The first kappa shape index (κ1) is 13.0. The lowest BCUT2D eigenvalue weighted by atomic mass is 10.3. The van der Waals surface area contributed by atoms with Crippen LogP contribution in [0.5, 0.6) is 11.5 Å². The SMILES string of the molecule is COc1cc(Nc2nc(N)c3[nH]cnc3n2)cc(OC)c1. The van der Waals surface area contributed by atoms with Gasteiger partial charge < -0.3 is 25.5 Å². The summed E-state index contributed by atoms with van der Waals surface area (Å²) in [6, 6.07) is 5.38. The fraction of sp³-hybridized carbons (Fsp3) is 0.154. The lowest BCUT2D eigenvalue weighted by Gasteiger charge is -2.10. The van der Waals surface area contributed by atoms with Crippen LogP contribution >= 0.6 is 0 Å². The molecule has 4 N–H and O–H groups in total. The van der Waals surface area contributed by atoms with E-state index < -0.39 is 0 Å². The topological polar surface area (TPSA) is 111 Å². The number of benzene rings is 1. The molecule has 1 aromatic carbocycles. The number of anilines is 3. The molecule has 8 nitrogen and oxygen atoms in total. The number of hydrogen-bond donors (Lipinski definition) is 3. The van der Waals surface area contributed by atoms with Gasteiger partial charge >= 0.3 is 0 Å². The van der Waals surface area contributed by atoms with Crippen LogP contribution in [0.25, 0.3) is 11.2 Å². The van der Waals surface area contributed by atoms with E-state index in [2.05, 4.69) is 25.3 Å². The molecule has 2 heterocycles. The van der Waals surface area contributed by atoms with Crippen LogP contribution < -0.4 is 20.5 Å². The molecule has 2 aromatic heterocycles. The van der Waals surface area contributed by atoms with Gasteiger partial charge in [-0.15, -0.1) is 0 Å². The summed E-state index contributed by atoms with van der Waals surface area (Å²) in [6.07, 6.45) is 1.52. The van der Waals surface area contributed by atoms with Crippen LogP contribution in [0.1, 0.15) is 0 Å². The molecule has 0 fully saturated rings. The predicted octanol–water partition coefficient (Wildman–Crippen LogP) is 1.70. The molecule has 0 aliphatic carbocycles. The number of hydrogen-bond acceptors (Lipinski definition) is 7. The molecule has 0 aliphatic heterocycles. The molecule has 0 aliphatic rings. The molecule has 0 spiro atoms. The Labute approximate surface area is 120 Å². The van der Waals surface area contributed by atoms with E-state index in [0.717, 1.165) is 5.69 Å². The molecule has 0 atom stereocenters. The van der Waals surface area contributed by atoms with Crippen LogP contribution in [0.2, 0.25) is 0 Å². The molecule has 0 bridgehead atoms. The Kier molecular flexibility index (Phi) is 3.19. The Balaban J connectivity index is 1.97. The van der Waals surface area contributed by atoms with Crippen molar-refractivity contribution in [2.45, 2.75) is 0 Å². The van der Waals surface area contributed by atoms with Gasteiger partial charge in [-0.3, -0.25) is 0 Å². The summed E-state index contributed by atoms with van der Waals surface area (Å²) in [5, 5.41) is 3.06. The van der Waals surface area contributed by atoms with Gasteiger partial charge in [0.2, 0.25) is 5.95 Å². The highest BCUT2D eigenvalue weighted by Crippen LogP contribution is 2.27. The zero-order chi connectivity index (χ0) is 14.8. The van der Waals surface area contributed by atoms with E-state index in [1.54, 1.807) is 32.4 Å². The van der Waals surface area contributed by atoms with Crippen LogP contribution in [0.15, 0.2) is 24.5 Å². The number of nitrogens with two attached hydrogens (primary N) is 1. The number of ether oxygens (including phenoxy) is 2. The van der Waals surface area contributed by atoms with Crippen molar-refractivity contribution in [3.63, 3.8) is 0 Å². The van der Waals surface area contributed by atoms with Gasteiger partial charge in [0.15, 0.2) is 11.5 Å². The highest BCUT2D eigenvalue weighted by atomic mass is 16.5. The van der Waals surface area contributed by atoms with Crippen LogP contribution in [-0.4, -0.2) is 34.2 Å². The number of aromatic amines is 1. The quantitative estimate of drug-likeness (QED) is 0.669. The van der Waals surface area contributed by atoms with Gasteiger partial charge in [0.1, 0.15) is 17.0 Å². The Morgan fingerprint density at radius 1 is 1.10 bits per heavy atom. The van der Waals surface area contributed by atoms with Crippen LogP contribution in [0.3, 0.4) is 0 Å². The Morgan fingerprint density at radius 3 is 2.48 bits per heavy atom. The molecule has 0 unspecified atom stereocenters. The molecule has 8 heteroatoms. The molecular formula is C13H14N6O2. The van der Waals surface area contributed by atoms with Crippen LogP contribution in [-0.2, 0) is 0 Å². The molecule has 0 saturated carbocycles. The first-order chi connectivity index (χ1) is 10.2. The van der Waals surface area contributed by atoms with E-state index in [4.69, 9.17) is 15.2 Å². The van der Waals surface area contributed by atoms with E-state index >= 15 is 0 Å². The van der Waals surface area contributed by atoms with Crippen molar-refractivity contribution in [1.29, 1.82) is 0 Å². The Morgan fingerprint density at radius 2 is 1.81 bits per heavy atom. The van der Waals surface area contributed by atoms with Gasteiger partial charge in [-0.1, -0.05) is 0 Å². The number of aromatic nitrogens is 4. The highest BCUT2D eigenvalue weighted by molar-refractivity contribution is 5.82. The maximum absolute atomic E-state index is 5.86. The molecule has 21 heavy (non-hydrogen) atoms. The monoisotopic (exact) mass is 286 g/mol. The number of nitrogens with one attached hydrogen (secondary N) is 2. The van der Waals surface area contributed by atoms with E-state index in [9.17, 15) is 0 Å². The zero-order valence-electron chi connectivity index (χ0n) is 11.5. The third kappa shape index (κ3) is 2.50. The predicted molar refractivity (Wildman–Crippen MR) is 78.9 cm³/mol. The minimum Gasteiger partial charge on any atom is -0.497 e. The summed E-state index contributed by atoms with van der Waals surface area (Å²) in [7, 11) is 3.17. The highest BCUT2D eigenvalue weighted by Gasteiger charge is 2.09. The van der Waals surface area contributed by atoms with Gasteiger partial charge in [0, 0.05) is 23.9 Å². The average molecular weight is 286 g/mol. The second-order valence-corrected chi connectivity index (χ2v) is 4.26. The first-order valence-corrected chi connectivity index (χ1v) is 6.16. The molecule has 0 amide bonds. The molecule has 3 rings (SSSR count). The standard InChI is InChI=1S/C13H14N6O2/c1-20-8-3-7(4-9(5-8)21-2)17-13-18-11(14)10-12(19-13)16-6-15-10/h3-6H,1-2H3,(H4,14,15,16,17,18,19). The number of H-pyrrole nitrogens is 1. The number of methoxy groups -OCH3 is 2. The van der Waals surface area contributed by atoms with Gasteiger partial charge in [0.25, 0.3) is 0 Å². The third-order valence-electron chi connectivity index (χ3n) is 2.92. The fourth-order valence-electron chi connectivity index (χ4n) is 1.92. The second kappa shape index (κ2) is 5.16. The normalized spacial score (nSPS) is 10.6. The Bertz CT molecular complexity index is 763. The van der Waals surface area contributed by atoms with Crippen LogP contribution in [0.4, 0.5) is 17.5 Å². The lowest BCUT2D eigenvalue weighted by Crippen LogP contribution is -2.02. The fourth-order valence-corrected chi connectivity index (χ4v) is 1.92. The molecule has 3 aromatic rings. The molecule has 0 saturated heterocycles. The average Bonchev–Trinajstić information content (AvgIpc) is 2.95. The number of nitrogens with zero attached hydrogens (tertiary/aromatic N) is 3. The smallest absolute Gasteiger partial charge is 0.231 e. The number of fused-ring (bicyclic) bond motifs is 1. The number of nitrogen functional groups attached to an aromatic ring is 1. The Hall–Kier alpha value is -3.03.